The lowest BCUT2D eigenvalue weighted by molar-refractivity contribution is 0.125. The number of fused-ring (bicyclic) bond motifs is 3. The average molecular weight is 485 g/mol. The van der Waals surface area contributed by atoms with Crippen molar-refractivity contribution in [2.24, 2.45) is 5.92 Å². The van der Waals surface area contributed by atoms with Crippen molar-refractivity contribution in [1.82, 2.24) is 15.6 Å². The van der Waals surface area contributed by atoms with Crippen LogP contribution in [0.4, 0.5) is 19.0 Å². The number of nitrogens with two attached hydrogens (primary N) is 1. The van der Waals surface area contributed by atoms with Gasteiger partial charge in [-0.15, -0.1) is 0 Å². The summed E-state index contributed by atoms with van der Waals surface area (Å²) in [5.41, 5.74) is 8.53. The van der Waals surface area contributed by atoms with Gasteiger partial charge >= 0.3 is 6.55 Å². The van der Waals surface area contributed by atoms with Crippen LogP contribution in [0.3, 0.4) is 0 Å². The largest absolute Gasteiger partial charge is 0.482 e. The van der Waals surface area contributed by atoms with Gasteiger partial charge in [-0.1, -0.05) is 0 Å². The predicted molar refractivity (Wildman–Crippen MR) is 129 cm³/mol. The fourth-order valence-corrected chi connectivity index (χ4v) is 3.97. The first-order chi connectivity index (χ1) is 16.8. The zero-order chi connectivity index (χ0) is 25.1. The molecule has 0 amide bonds. The van der Waals surface area contributed by atoms with Crippen LogP contribution in [-0.4, -0.2) is 30.0 Å². The minimum Gasteiger partial charge on any atom is -0.482 e. The van der Waals surface area contributed by atoms with E-state index in [-0.39, 0.29) is 29.3 Å². The van der Waals surface area contributed by atoms with Crippen LogP contribution in [0, 0.1) is 22.6 Å². The minimum atomic E-state index is -2.84. The number of nitrogen functional groups attached to an aromatic ring is 1. The van der Waals surface area contributed by atoms with Crippen molar-refractivity contribution in [3.8, 4) is 5.75 Å². The second-order valence-electron chi connectivity index (χ2n) is 8.66. The van der Waals surface area contributed by atoms with Crippen molar-refractivity contribution in [3.63, 3.8) is 0 Å². The summed E-state index contributed by atoms with van der Waals surface area (Å²) >= 11 is 0. The van der Waals surface area contributed by atoms with Gasteiger partial charge < -0.3 is 26.5 Å². The van der Waals surface area contributed by atoms with Gasteiger partial charge in [-0.2, -0.15) is 8.78 Å². The van der Waals surface area contributed by atoms with E-state index in [1.54, 1.807) is 19.2 Å². The van der Waals surface area contributed by atoms with Crippen molar-refractivity contribution < 1.29 is 17.9 Å². The standard InChI is InChI=1S/C25H27F3N6O/c1-13-20-8-18(26)4-5-19(20)22(30)16(11-34-25(27)28)6-15(9-29)23(32-10-14-2-3-14)17-7-21(35-13)24(31)33-12-17/h4-5,7-9,11-14,25,29-30,32,34H,2-3,6,10H2,1H3,(H2,31,33)/b16-11-,23-15-,29-9?,30-22?. The first kappa shape index (κ1) is 24.3. The van der Waals surface area contributed by atoms with Crippen LogP contribution in [0.25, 0.3) is 5.70 Å². The smallest absolute Gasteiger partial charge is 0.312 e. The highest BCUT2D eigenvalue weighted by atomic mass is 19.3. The molecule has 2 aliphatic rings. The molecule has 6 N–H and O–H groups in total. The molecule has 1 aliphatic heterocycles. The Hall–Kier alpha value is -3.82. The molecule has 4 rings (SSSR count). The summed E-state index contributed by atoms with van der Waals surface area (Å²) in [6.07, 6.45) is 5.25. The van der Waals surface area contributed by atoms with Crippen molar-refractivity contribution in [1.29, 1.82) is 10.8 Å². The van der Waals surface area contributed by atoms with Crippen molar-refractivity contribution in [2.75, 3.05) is 12.3 Å². The van der Waals surface area contributed by atoms with E-state index in [1.165, 1.54) is 18.2 Å². The molecule has 184 valence electrons. The number of ether oxygens (including phenoxy) is 1. The summed E-state index contributed by atoms with van der Waals surface area (Å²) in [7, 11) is 0. The maximum atomic E-state index is 14.2. The number of anilines is 1. The Bertz CT molecular complexity index is 1210. The number of aromatic nitrogens is 1. The summed E-state index contributed by atoms with van der Waals surface area (Å²) in [6, 6.07) is 5.58. The maximum Gasteiger partial charge on any atom is 0.312 e. The normalized spacial score (nSPS) is 21.6. The summed E-state index contributed by atoms with van der Waals surface area (Å²) in [5, 5.41) is 22.3. The molecule has 2 heterocycles. The van der Waals surface area contributed by atoms with E-state index in [0.29, 0.717) is 40.4 Å². The van der Waals surface area contributed by atoms with Crippen LogP contribution in [0.1, 0.15) is 49.0 Å². The minimum absolute atomic E-state index is 0.000811. The van der Waals surface area contributed by atoms with Crippen LogP contribution in [0.5, 0.6) is 5.75 Å². The van der Waals surface area contributed by atoms with E-state index >= 15 is 0 Å². The fourth-order valence-electron chi connectivity index (χ4n) is 3.97. The van der Waals surface area contributed by atoms with Crippen molar-refractivity contribution >= 4 is 23.4 Å². The van der Waals surface area contributed by atoms with Gasteiger partial charge in [0, 0.05) is 54.0 Å². The van der Waals surface area contributed by atoms with Gasteiger partial charge in [-0.3, -0.25) is 5.41 Å². The van der Waals surface area contributed by atoms with Crippen LogP contribution in [-0.2, 0) is 0 Å². The number of benzene rings is 1. The van der Waals surface area contributed by atoms with Gasteiger partial charge in [0.15, 0.2) is 11.6 Å². The van der Waals surface area contributed by atoms with Crippen LogP contribution < -0.4 is 21.1 Å². The Morgan fingerprint density at radius 3 is 2.74 bits per heavy atom. The molecule has 0 radical (unpaired) electrons. The third-order valence-electron chi connectivity index (χ3n) is 6.04. The van der Waals surface area contributed by atoms with E-state index in [2.05, 4.69) is 10.3 Å². The number of hydrogen-bond acceptors (Lipinski definition) is 7. The molecule has 1 aliphatic carbocycles. The van der Waals surface area contributed by atoms with Crippen molar-refractivity contribution in [3.05, 3.63) is 70.3 Å². The highest BCUT2D eigenvalue weighted by Gasteiger charge is 2.25. The quantitative estimate of drug-likeness (QED) is 0.299. The lowest BCUT2D eigenvalue weighted by Crippen LogP contribution is -2.22. The van der Waals surface area contributed by atoms with E-state index in [0.717, 1.165) is 25.3 Å². The molecule has 7 nitrogen and oxygen atoms in total. The second-order valence-corrected chi connectivity index (χ2v) is 8.66. The highest BCUT2D eigenvalue weighted by molar-refractivity contribution is 6.12. The number of alkyl halides is 2. The Morgan fingerprint density at radius 1 is 1.29 bits per heavy atom. The van der Waals surface area contributed by atoms with E-state index in [1.807, 2.05) is 5.32 Å². The Labute approximate surface area is 201 Å². The predicted octanol–water partition coefficient (Wildman–Crippen LogP) is 4.77. The lowest BCUT2D eigenvalue weighted by atomic mass is 9.90. The molecular formula is C25H27F3N6O. The van der Waals surface area contributed by atoms with Crippen LogP contribution >= 0.6 is 0 Å². The molecule has 1 aromatic carbocycles. The molecule has 2 aromatic rings. The third kappa shape index (κ3) is 5.64. The summed E-state index contributed by atoms with van der Waals surface area (Å²) in [5.74, 6) is 0.415. The molecule has 2 bridgehead atoms. The second kappa shape index (κ2) is 10.2. The van der Waals surface area contributed by atoms with Gasteiger partial charge in [0.2, 0.25) is 0 Å². The van der Waals surface area contributed by atoms with Gasteiger partial charge in [0.25, 0.3) is 0 Å². The topological polar surface area (TPSA) is 120 Å². The summed E-state index contributed by atoms with van der Waals surface area (Å²) in [6.45, 7) is -0.470. The number of nitrogens with one attached hydrogen (secondary N) is 4. The van der Waals surface area contributed by atoms with E-state index in [9.17, 15) is 13.2 Å². The molecule has 1 aromatic heterocycles. The number of pyridine rings is 1. The molecule has 1 unspecified atom stereocenters. The number of hydrogen-bond donors (Lipinski definition) is 5. The first-order valence-electron chi connectivity index (χ1n) is 11.3. The highest BCUT2D eigenvalue weighted by Crippen LogP contribution is 2.34. The van der Waals surface area contributed by atoms with Gasteiger partial charge in [0.1, 0.15) is 11.9 Å². The lowest BCUT2D eigenvalue weighted by Gasteiger charge is -2.24. The zero-order valence-electron chi connectivity index (χ0n) is 19.2. The van der Waals surface area contributed by atoms with Gasteiger partial charge in [-0.25, -0.2) is 9.37 Å². The molecule has 0 saturated heterocycles. The molecule has 1 atom stereocenters. The Kier molecular flexibility index (Phi) is 7.09. The SMILES string of the molecule is CC1Oc2cc(cnc2N)/C(NCC2CC2)=C(/C=N)C/C(=C/NC(F)F)C(=N)c2ccc(F)cc21. The third-order valence-corrected chi connectivity index (χ3v) is 6.04. The maximum absolute atomic E-state index is 14.2. The first-order valence-corrected chi connectivity index (χ1v) is 11.3. The van der Waals surface area contributed by atoms with Crippen LogP contribution in [0.2, 0.25) is 0 Å². The monoisotopic (exact) mass is 484 g/mol. The van der Waals surface area contributed by atoms with E-state index in [4.69, 9.17) is 21.3 Å². The summed E-state index contributed by atoms with van der Waals surface area (Å²) < 4.78 is 46.3. The number of allylic oxidation sites excluding steroid dienone is 2. The van der Waals surface area contributed by atoms with Crippen LogP contribution in [0.15, 0.2) is 47.8 Å². The molecule has 35 heavy (non-hydrogen) atoms. The molecule has 1 saturated carbocycles. The summed E-state index contributed by atoms with van der Waals surface area (Å²) in [4.78, 5) is 4.25. The van der Waals surface area contributed by atoms with E-state index < -0.39 is 18.5 Å². The zero-order valence-corrected chi connectivity index (χ0v) is 19.2. The van der Waals surface area contributed by atoms with Gasteiger partial charge in [-0.05, 0) is 61.1 Å². The number of halogens is 3. The van der Waals surface area contributed by atoms with Gasteiger partial charge in [0.05, 0.1) is 5.71 Å². The molecular weight excluding hydrogens is 457 g/mol. The fraction of sp³-hybridized carbons (Fsp3) is 0.320. The number of nitrogens with zero attached hydrogens (tertiary/aromatic N) is 1. The Morgan fingerprint density at radius 2 is 2.06 bits per heavy atom. The van der Waals surface area contributed by atoms with Crippen molar-refractivity contribution in [2.45, 2.75) is 38.8 Å². The Balaban J connectivity index is 1.91. The molecule has 0 spiro atoms. The molecule has 1 fully saturated rings. The number of rotatable bonds is 6. The molecule has 10 heteroatoms. The average Bonchev–Trinajstić information content (AvgIpc) is 3.65.